The van der Waals surface area contributed by atoms with E-state index in [0.29, 0.717) is 11.5 Å². The number of hydrogen-bond acceptors (Lipinski definition) is 5. The topological polar surface area (TPSA) is 67.9 Å². The second kappa shape index (κ2) is 10.4. The van der Waals surface area contributed by atoms with Gasteiger partial charge < -0.3 is 9.47 Å². The van der Waals surface area contributed by atoms with E-state index in [4.69, 9.17) is 9.47 Å². The van der Waals surface area contributed by atoms with E-state index in [1.807, 2.05) is 38.1 Å². The number of benzene rings is 3. The van der Waals surface area contributed by atoms with Crippen LogP contribution >= 0.6 is 0 Å². The van der Waals surface area contributed by atoms with Crippen LogP contribution in [-0.4, -0.2) is 40.1 Å². The predicted octanol–water partition coefficient (Wildman–Crippen LogP) is 4.79. The van der Waals surface area contributed by atoms with Crippen LogP contribution in [-0.2, 0) is 23.0 Å². The van der Waals surface area contributed by atoms with Crippen LogP contribution in [0.5, 0.6) is 11.5 Å². The van der Waals surface area contributed by atoms with Gasteiger partial charge in [-0.05, 0) is 68.1 Å². The van der Waals surface area contributed by atoms with Crippen molar-refractivity contribution < 1.29 is 17.9 Å². The molecule has 1 aliphatic rings. The van der Waals surface area contributed by atoms with E-state index in [1.54, 1.807) is 26.4 Å². The molecule has 0 fully saturated rings. The normalized spacial score (nSPS) is 17.0. The van der Waals surface area contributed by atoms with Gasteiger partial charge in [-0.2, -0.15) is 0 Å². The summed E-state index contributed by atoms with van der Waals surface area (Å²) in [6, 6.07) is 18.9. The van der Waals surface area contributed by atoms with Crippen LogP contribution in [0.15, 0.2) is 65.6 Å². The van der Waals surface area contributed by atoms with Crippen LogP contribution in [0, 0.1) is 13.8 Å². The van der Waals surface area contributed by atoms with Gasteiger partial charge in [0, 0.05) is 19.1 Å². The zero-order valence-corrected chi connectivity index (χ0v) is 21.9. The summed E-state index contributed by atoms with van der Waals surface area (Å²) in [7, 11) is -0.439. The predicted molar refractivity (Wildman–Crippen MR) is 139 cm³/mol. The number of ether oxygens (including phenoxy) is 2. The molecule has 0 aliphatic carbocycles. The summed E-state index contributed by atoms with van der Waals surface area (Å²) in [6.45, 7) is 7.47. The lowest BCUT2D eigenvalue weighted by Crippen LogP contribution is -2.47. The zero-order valence-electron chi connectivity index (χ0n) is 21.0. The molecule has 0 aromatic heterocycles. The summed E-state index contributed by atoms with van der Waals surface area (Å²) in [5, 5.41) is 0. The Balaban J connectivity index is 1.71. The molecule has 0 saturated heterocycles. The summed E-state index contributed by atoms with van der Waals surface area (Å²) >= 11 is 0. The second-order valence-corrected chi connectivity index (χ2v) is 11.0. The number of nitrogens with one attached hydrogen (secondary N) is 1. The number of hydrogen-bond donors (Lipinski definition) is 1. The van der Waals surface area contributed by atoms with Gasteiger partial charge in [-0.3, -0.25) is 4.90 Å². The molecule has 7 heteroatoms. The molecule has 4 rings (SSSR count). The van der Waals surface area contributed by atoms with E-state index in [0.717, 1.165) is 36.2 Å². The van der Waals surface area contributed by atoms with Crippen molar-refractivity contribution in [2.45, 2.75) is 50.7 Å². The zero-order chi connectivity index (χ0) is 25.2. The van der Waals surface area contributed by atoms with Gasteiger partial charge in [0.2, 0.25) is 10.0 Å². The van der Waals surface area contributed by atoms with E-state index < -0.39 is 10.0 Å². The Morgan fingerprint density at radius 1 is 0.943 bits per heavy atom. The molecule has 0 bridgehead atoms. The molecule has 1 heterocycles. The fourth-order valence-electron chi connectivity index (χ4n) is 4.81. The van der Waals surface area contributed by atoms with Gasteiger partial charge in [-0.15, -0.1) is 0 Å². The quantitative estimate of drug-likeness (QED) is 0.488. The first-order valence-corrected chi connectivity index (χ1v) is 13.3. The summed E-state index contributed by atoms with van der Waals surface area (Å²) in [5.41, 5.74) is 5.63. The van der Waals surface area contributed by atoms with Crippen LogP contribution < -0.4 is 14.2 Å². The highest BCUT2D eigenvalue weighted by molar-refractivity contribution is 7.89. The third kappa shape index (κ3) is 5.53. The molecule has 1 aliphatic heterocycles. The maximum Gasteiger partial charge on any atom is 0.240 e. The summed E-state index contributed by atoms with van der Waals surface area (Å²) < 4.78 is 40.6. The lowest BCUT2D eigenvalue weighted by molar-refractivity contribution is 0.150. The Bertz CT molecular complexity index is 1270. The first kappa shape index (κ1) is 25.2. The van der Waals surface area contributed by atoms with Crippen molar-refractivity contribution >= 4 is 10.0 Å². The van der Waals surface area contributed by atoms with E-state index in [-0.39, 0.29) is 17.0 Å². The average molecular weight is 495 g/mol. The molecule has 2 atom stereocenters. The van der Waals surface area contributed by atoms with Crippen molar-refractivity contribution in [3.63, 3.8) is 0 Å². The molecule has 0 amide bonds. The fraction of sp³-hybridized carbons (Fsp3) is 0.357. The molecule has 3 aromatic carbocycles. The van der Waals surface area contributed by atoms with Crippen molar-refractivity contribution in [2.75, 3.05) is 20.8 Å². The molecule has 186 valence electrons. The second-order valence-electron chi connectivity index (χ2n) is 9.28. The van der Waals surface area contributed by atoms with Gasteiger partial charge in [0.05, 0.1) is 25.2 Å². The lowest BCUT2D eigenvalue weighted by atomic mass is 9.88. The minimum Gasteiger partial charge on any atom is -0.493 e. The van der Waals surface area contributed by atoms with Gasteiger partial charge in [-0.1, -0.05) is 47.5 Å². The Labute approximate surface area is 208 Å². The molecule has 35 heavy (non-hydrogen) atoms. The third-order valence-electron chi connectivity index (χ3n) is 6.68. The number of nitrogens with zero attached hydrogens (tertiary/aromatic N) is 1. The van der Waals surface area contributed by atoms with Crippen LogP contribution in [0.4, 0.5) is 0 Å². The molecule has 0 radical (unpaired) electrons. The first-order valence-electron chi connectivity index (χ1n) is 11.8. The molecule has 0 saturated carbocycles. The van der Waals surface area contributed by atoms with E-state index >= 15 is 0 Å². The first-order chi connectivity index (χ1) is 16.7. The average Bonchev–Trinajstić information content (AvgIpc) is 2.84. The summed E-state index contributed by atoms with van der Waals surface area (Å²) in [4.78, 5) is 2.62. The van der Waals surface area contributed by atoms with Gasteiger partial charge in [0.15, 0.2) is 11.5 Å². The van der Waals surface area contributed by atoms with E-state index in [2.05, 4.69) is 40.8 Å². The van der Waals surface area contributed by atoms with E-state index in [9.17, 15) is 8.42 Å². The standard InChI is InChI=1S/C28H34N2O4S/c1-19-6-10-22(11-7-19)18-30-15-14-23-16-26(33-4)27(34-5)17-25(23)28(30)21(3)29-35(31,32)24-12-8-20(2)9-13-24/h6-13,16-17,21,28-29H,14-15,18H2,1-5H3. The van der Waals surface area contributed by atoms with Crippen molar-refractivity contribution in [2.24, 2.45) is 0 Å². The summed E-state index contributed by atoms with van der Waals surface area (Å²) in [5.74, 6) is 1.33. The number of sulfonamides is 1. The minimum absolute atomic E-state index is 0.180. The van der Waals surface area contributed by atoms with E-state index in [1.165, 1.54) is 11.1 Å². The largest absolute Gasteiger partial charge is 0.493 e. The molecular formula is C28H34N2O4S. The van der Waals surface area contributed by atoms with Crippen molar-refractivity contribution in [1.82, 2.24) is 9.62 Å². The highest BCUT2D eigenvalue weighted by atomic mass is 32.2. The SMILES string of the molecule is COc1cc2c(cc1OC)C(C(C)NS(=O)(=O)c1ccc(C)cc1)N(Cc1ccc(C)cc1)CC2. The Morgan fingerprint density at radius 3 is 2.11 bits per heavy atom. The Hall–Kier alpha value is -2.87. The third-order valence-corrected chi connectivity index (χ3v) is 8.25. The van der Waals surface area contributed by atoms with Gasteiger partial charge >= 0.3 is 0 Å². The monoisotopic (exact) mass is 494 g/mol. The van der Waals surface area contributed by atoms with Crippen molar-refractivity contribution in [3.8, 4) is 11.5 Å². The van der Waals surface area contributed by atoms with Crippen LogP contribution in [0.1, 0.15) is 40.8 Å². The van der Waals surface area contributed by atoms with Gasteiger partial charge in [0.1, 0.15) is 0 Å². The molecule has 0 spiro atoms. The number of rotatable bonds is 8. The summed E-state index contributed by atoms with van der Waals surface area (Å²) in [6.07, 6.45) is 0.843. The maximum absolute atomic E-state index is 13.3. The molecular weight excluding hydrogens is 460 g/mol. The molecule has 1 N–H and O–H groups in total. The Kier molecular flexibility index (Phi) is 7.50. The molecule has 6 nitrogen and oxygen atoms in total. The Morgan fingerprint density at radius 2 is 1.51 bits per heavy atom. The number of methoxy groups -OCH3 is 2. The van der Waals surface area contributed by atoms with Crippen LogP contribution in [0.2, 0.25) is 0 Å². The van der Waals surface area contributed by atoms with Crippen molar-refractivity contribution in [3.05, 3.63) is 88.5 Å². The lowest BCUT2D eigenvalue weighted by Gasteiger charge is -2.41. The number of fused-ring (bicyclic) bond motifs is 1. The molecule has 2 unspecified atom stereocenters. The van der Waals surface area contributed by atoms with Gasteiger partial charge in [0.25, 0.3) is 0 Å². The maximum atomic E-state index is 13.3. The fourth-order valence-corrected chi connectivity index (χ4v) is 6.06. The van der Waals surface area contributed by atoms with Crippen molar-refractivity contribution in [1.29, 1.82) is 0 Å². The smallest absolute Gasteiger partial charge is 0.240 e. The number of aryl methyl sites for hydroxylation is 2. The highest BCUT2D eigenvalue weighted by Gasteiger charge is 2.35. The van der Waals surface area contributed by atoms with Gasteiger partial charge in [-0.25, -0.2) is 13.1 Å². The molecule has 3 aromatic rings. The highest BCUT2D eigenvalue weighted by Crippen LogP contribution is 2.40. The van der Waals surface area contributed by atoms with Crippen LogP contribution in [0.25, 0.3) is 0 Å². The minimum atomic E-state index is -3.69. The van der Waals surface area contributed by atoms with Crippen LogP contribution in [0.3, 0.4) is 0 Å².